The van der Waals surface area contributed by atoms with Crippen molar-refractivity contribution in [3.05, 3.63) is 28.8 Å². The van der Waals surface area contributed by atoms with Gasteiger partial charge < -0.3 is 4.74 Å². The van der Waals surface area contributed by atoms with Gasteiger partial charge in [0.25, 0.3) is 0 Å². The summed E-state index contributed by atoms with van der Waals surface area (Å²) in [5.41, 5.74) is 0.632. The summed E-state index contributed by atoms with van der Waals surface area (Å²) in [7, 11) is 0. The van der Waals surface area contributed by atoms with Crippen LogP contribution in [0.15, 0.2) is 23.1 Å². The Morgan fingerprint density at radius 3 is 1.74 bits per heavy atom. The monoisotopic (exact) mass is 468 g/mol. The molecule has 0 aliphatic rings. The number of carbonyl (C=O) groups is 1. The molecular weight excluding hydrogens is 424 g/mol. The summed E-state index contributed by atoms with van der Waals surface area (Å²) in [5, 5.41) is 0.669. The molecule has 0 atom stereocenters. The quantitative estimate of drug-likeness (QED) is 0.108. The lowest BCUT2D eigenvalue weighted by molar-refractivity contribution is 0.0522. The van der Waals surface area contributed by atoms with Crippen LogP contribution < -0.4 is 0 Å². The van der Waals surface area contributed by atoms with Crippen LogP contribution in [0.1, 0.15) is 127 Å². The Labute approximate surface area is 201 Å². The molecule has 0 spiro atoms. The zero-order valence-corrected chi connectivity index (χ0v) is 21.6. The zero-order valence-electron chi connectivity index (χ0n) is 20.1. The summed E-state index contributed by atoms with van der Waals surface area (Å²) < 4.78 is 5.15. The maximum absolute atomic E-state index is 12.1. The van der Waals surface area contributed by atoms with Gasteiger partial charge in [-0.25, -0.2) is 4.79 Å². The highest BCUT2D eigenvalue weighted by molar-refractivity contribution is 7.99. The van der Waals surface area contributed by atoms with E-state index in [0.29, 0.717) is 17.2 Å². The third-order valence-electron chi connectivity index (χ3n) is 5.69. The molecule has 4 heteroatoms. The average molecular weight is 469 g/mol. The van der Waals surface area contributed by atoms with Crippen molar-refractivity contribution in [3.8, 4) is 0 Å². The molecule has 1 rings (SSSR count). The van der Waals surface area contributed by atoms with Gasteiger partial charge in [0.2, 0.25) is 0 Å². The summed E-state index contributed by atoms with van der Waals surface area (Å²) in [6.07, 6.45) is 22.1. The average Bonchev–Trinajstić information content (AvgIpc) is 2.76. The second kappa shape index (κ2) is 20.0. The predicted molar refractivity (Wildman–Crippen MR) is 138 cm³/mol. The van der Waals surface area contributed by atoms with Gasteiger partial charge in [0.05, 0.1) is 12.2 Å². The highest BCUT2D eigenvalue weighted by Gasteiger charge is 2.13. The number of hydrogen-bond donors (Lipinski definition) is 0. The van der Waals surface area contributed by atoms with Crippen molar-refractivity contribution >= 4 is 29.3 Å². The van der Waals surface area contributed by atoms with Crippen LogP contribution in [0, 0.1) is 0 Å². The number of thioether (sulfide) groups is 1. The molecule has 31 heavy (non-hydrogen) atoms. The maximum atomic E-state index is 12.1. The van der Waals surface area contributed by atoms with E-state index in [0.717, 1.165) is 10.6 Å². The molecule has 0 amide bonds. The Hall–Kier alpha value is -0.670. The number of unbranched alkanes of at least 4 members (excludes halogenated alkanes) is 15. The predicted octanol–water partition coefficient (Wildman–Crippen LogP) is 9.87. The van der Waals surface area contributed by atoms with Crippen molar-refractivity contribution in [3.63, 3.8) is 0 Å². The minimum absolute atomic E-state index is 0.256. The normalized spacial score (nSPS) is 11.1. The third kappa shape index (κ3) is 14.9. The highest BCUT2D eigenvalue weighted by atomic mass is 35.5. The van der Waals surface area contributed by atoms with Gasteiger partial charge in [-0.05, 0) is 37.3 Å². The molecule has 0 N–H and O–H groups in total. The van der Waals surface area contributed by atoms with Gasteiger partial charge in [-0.15, -0.1) is 11.8 Å². The van der Waals surface area contributed by atoms with Crippen molar-refractivity contribution in [2.75, 3.05) is 12.4 Å². The van der Waals surface area contributed by atoms with Crippen LogP contribution in [0.3, 0.4) is 0 Å². The topological polar surface area (TPSA) is 26.3 Å². The van der Waals surface area contributed by atoms with Crippen LogP contribution in [-0.2, 0) is 4.74 Å². The minimum atomic E-state index is -0.256. The van der Waals surface area contributed by atoms with Crippen molar-refractivity contribution in [2.45, 2.75) is 121 Å². The summed E-state index contributed by atoms with van der Waals surface area (Å²) >= 11 is 7.83. The summed E-state index contributed by atoms with van der Waals surface area (Å²) in [5.74, 6) is 0.763. The van der Waals surface area contributed by atoms with Gasteiger partial charge in [-0.1, -0.05) is 115 Å². The van der Waals surface area contributed by atoms with Gasteiger partial charge in [0.15, 0.2) is 0 Å². The Morgan fingerprint density at radius 2 is 1.26 bits per heavy atom. The van der Waals surface area contributed by atoms with Crippen LogP contribution in [-0.4, -0.2) is 18.3 Å². The molecule has 1 aromatic carbocycles. The molecule has 0 aliphatic heterocycles. The molecule has 0 saturated carbocycles. The smallest absolute Gasteiger partial charge is 0.339 e. The molecular formula is C27H45ClO2S. The number of benzene rings is 1. The van der Waals surface area contributed by atoms with E-state index in [4.69, 9.17) is 16.3 Å². The first kappa shape index (κ1) is 28.4. The van der Waals surface area contributed by atoms with Gasteiger partial charge in [-0.2, -0.15) is 0 Å². The lowest BCUT2D eigenvalue weighted by atomic mass is 10.0. The minimum Gasteiger partial charge on any atom is -0.462 e. The van der Waals surface area contributed by atoms with Crippen LogP contribution in [0.2, 0.25) is 5.02 Å². The fraction of sp³-hybridized carbons (Fsp3) is 0.741. The lowest BCUT2D eigenvalue weighted by Gasteiger charge is -2.09. The molecule has 2 nitrogen and oxygen atoms in total. The van der Waals surface area contributed by atoms with Crippen LogP contribution >= 0.6 is 23.4 Å². The van der Waals surface area contributed by atoms with Crippen LogP contribution in [0.4, 0.5) is 0 Å². The van der Waals surface area contributed by atoms with Gasteiger partial charge in [-0.3, -0.25) is 0 Å². The second-order valence-electron chi connectivity index (χ2n) is 8.51. The van der Waals surface area contributed by atoms with Gasteiger partial charge in [0, 0.05) is 9.92 Å². The van der Waals surface area contributed by atoms with E-state index >= 15 is 0 Å². The van der Waals surface area contributed by atoms with E-state index < -0.39 is 0 Å². The van der Waals surface area contributed by atoms with E-state index in [2.05, 4.69) is 6.92 Å². The standard InChI is InChI=1S/C27H45ClO2S/c1-3-5-6-7-8-9-10-11-12-13-14-15-16-17-18-19-22-31-26-23-24(28)20-21-25(26)27(29)30-4-2/h20-21,23H,3-19,22H2,1-2H3. The number of rotatable bonds is 20. The fourth-order valence-electron chi connectivity index (χ4n) is 3.83. The molecule has 1 aromatic rings. The Balaban J connectivity index is 1.96. The van der Waals surface area contributed by atoms with E-state index in [-0.39, 0.29) is 5.97 Å². The second-order valence-corrected chi connectivity index (χ2v) is 10.1. The molecule has 0 aromatic heterocycles. The molecule has 0 unspecified atom stereocenters. The molecule has 0 radical (unpaired) electrons. The van der Waals surface area contributed by atoms with Crippen molar-refractivity contribution in [1.29, 1.82) is 0 Å². The molecule has 0 heterocycles. The largest absolute Gasteiger partial charge is 0.462 e. The number of hydrogen-bond acceptors (Lipinski definition) is 3. The van der Waals surface area contributed by atoms with Crippen molar-refractivity contribution in [1.82, 2.24) is 0 Å². The number of carbonyl (C=O) groups excluding carboxylic acids is 1. The first-order valence-corrected chi connectivity index (χ1v) is 14.1. The van der Waals surface area contributed by atoms with E-state index in [1.807, 2.05) is 13.0 Å². The Morgan fingerprint density at radius 1 is 0.774 bits per heavy atom. The molecule has 0 fully saturated rings. The molecule has 0 aliphatic carbocycles. The number of esters is 1. The van der Waals surface area contributed by atoms with Crippen molar-refractivity contribution in [2.24, 2.45) is 0 Å². The summed E-state index contributed by atoms with van der Waals surface area (Å²) in [4.78, 5) is 13.0. The van der Waals surface area contributed by atoms with E-state index in [1.54, 1.807) is 23.9 Å². The first-order chi connectivity index (χ1) is 15.2. The maximum Gasteiger partial charge on any atom is 0.339 e. The van der Waals surface area contributed by atoms with Gasteiger partial charge in [0.1, 0.15) is 0 Å². The molecule has 0 bridgehead atoms. The van der Waals surface area contributed by atoms with Gasteiger partial charge >= 0.3 is 5.97 Å². The Kier molecular flexibility index (Phi) is 18.3. The van der Waals surface area contributed by atoms with E-state index in [9.17, 15) is 4.79 Å². The summed E-state index contributed by atoms with van der Waals surface area (Å²) in [6.45, 7) is 4.51. The highest BCUT2D eigenvalue weighted by Crippen LogP contribution is 2.28. The fourth-order valence-corrected chi connectivity index (χ4v) is 5.15. The zero-order chi connectivity index (χ0) is 22.6. The SMILES string of the molecule is CCCCCCCCCCCCCCCCCCSc1cc(Cl)ccc1C(=O)OCC. The van der Waals surface area contributed by atoms with Crippen LogP contribution in [0.5, 0.6) is 0 Å². The van der Waals surface area contributed by atoms with Crippen molar-refractivity contribution < 1.29 is 9.53 Å². The van der Waals surface area contributed by atoms with E-state index in [1.165, 1.54) is 103 Å². The lowest BCUT2D eigenvalue weighted by Crippen LogP contribution is -2.06. The number of ether oxygens (including phenoxy) is 1. The van der Waals surface area contributed by atoms with Crippen LogP contribution in [0.25, 0.3) is 0 Å². The Bertz CT molecular complexity index is 576. The molecule has 178 valence electrons. The third-order valence-corrected chi connectivity index (χ3v) is 7.07. The number of halogens is 1. The first-order valence-electron chi connectivity index (χ1n) is 12.8. The molecule has 0 saturated heterocycles. The summed E-state index contributed by atoms with van der Waals surface area (Å²) in [6, 6.07) is 5.41.